The fraction of sp³-hybridized carbons (Fsp3) is 0.200. The van der Waals surface area contributed by atoms with E-state index in [1.54, 1.807) is 22.9 Å². The zero-order valence-corrected chi connectivity index (χ0v) is 17.5. The third-order valence-corrected chi connectivity index (χ3v) is 6.13. The summed E-state index contributed by atoms with van der Waals surface area (Å²) in [7, 11) is 0. The van der Waals surface area contributed by atoms with Crippen molar-refractivity contribution in [2.24, 2.45) is 0 Å². The Morgan fingerprint density at radius 2 is 1.94 bits per heavy atom. The van der Waals surface area contributed by atoms with Crippen LogP contribution in [0.5, 0.6) is 0 Å². The highest BCUT2D eigenvalue weighted by atomic mass is 35.5. The number of halogens is 1. The van der Waals surface area contributed by atoms with Gasteiger partial charge >= 0.3 is 5.97 Å². The van der Waals surface area contributed by atoms with Gasteiger partial charge in [-0.3, -0.25) is 9.36 Å². The van der Waals surface area contributed by atoms with Crippen LogP contribution >= 0.6 is 11.6 Å². The molecule has 5 rings (SSSR count). The summed E-state index contributed by atoms with van der Waals surface area (Å²) in [6.45, 7) is 0. The Hall–Kier alpha value is -3.31. The lowest BCUT2D eigenvalue weighted by molar-refractivity contribution is 0.0697. The van der Waals surface area contributed by atoms with Crippen LogP contribution in [0.3, 0.4) is 0 Å². The summed E-state index contributed by atoms with van der Waals surface area (Å²) in [5.41, 5.74) is 4.09. The molecule has 1 saturated carbocycles. The lowest BCUT2D eigenvalue weighted by Crippen LogP contribution is -2.13. The van der Waals surface area contributed by atoms with Crippen molar-refractivity contribution in [2.75, 3.05) is 5.32 Å². The van der Waals surface area contributed by atoms with E-state index in [2.05, 4.69) is 5.32 Å². The molecule has 0 radical (unpaired) electrons. The number of aromatic nitrogens is 1. The average Bonchev–Trinajstić information content (AvgIpc) is 3.53. The maximum atomic E-state index is 12.9. The topological polar surface area (TPSA) is 71.3 Å². The predicted molar refractivity (Wildman–Crippen MR) is 123 cm³/mol. The van der Waals surface area contributed by atoms with Gasteiger partial charge in [-0.2, -0.15) is 0 Å². The number of hydrogen-bond donors (Lipinski definition) is 2. The van der Waals surface area contributed by atoms with Gasteiger partial charge in [0.05, 0.1) is 22.1 Å². The summed E-state index contributed by atoms with van der Waals surface area (Å²) in [5.74, 6) is -0.555. The number of hydrogen-bond acceptors (Lipinski definition) is 3. The van der Waals surface area contributed by atoms with E-state index in [9.17, 15) is 14.7 Å². The fourth-order valence-corrected chi connectivity index (χ4v) is 4.13. The Labute approximate surface area is 184 Å². The van der Waals surface area contributed by atoms with E-state index < -0.39 is 5.97 Å². The number of fused-ring (bicyclic) bond motifs is 1. The first-order valence-electron chi connectivity index (χ1n) is 10.3. The van der Waals surface area contributed by atoms with Gasteiger partial charge in [0.2, 0.25) is 0 Å². The van der Waals surface area contributed by atoms with E-state index in [-0.39, 0.29) is 16.8 Å². The Kier molecular flexibility index (Phi) is 4.91. The van der Waals surface area contributed by atoms with Crippen molar-refractivity contribution in [1.82, 2.24) is 4.57 Å². The van der Waals surface area contributed by atoms with Crippen molar-refractivity contribution in [3.05, 3.63) is 83.6 Å². The Morgan fingerprint density at radius 3 is 2.65 bits per heavy atom. The van der Waals surface area contributed by atoms with Crippen LogP contribution in [0.25, 0.3) is 10.9 Å². The first-order valence-corrected chi connectivity index (χ1v) is 10.8. The van der Waals surface area contributed by atoms with Crippen LogP contribution in [0, 0.1) is 0 Å². The number of carbonyl (C=O) groups excluding carboxylic acids is 1. The second-order valence-electron chi connectivity index (χ2n) is 8.04. The highest BCUT2D eigenvalue weighted by molar-refractivity contribution is 6.22. The molecule has 1 aromatic heterocycles. The molecule has 2 aromatic carbocycles. The molecule has 0 saturated heterocycles. The molecule has 1 unspecified atom stereocenters. The normalized spacial score (nSPS) is 18.1. The van der Waals surface area contributed by atoms with Crippen LogP contribution in [0.2, 0.25) is 0 Å². The van der Waals surface area contributed by atoms with Crippen molar-refractivity contribution in [1.29, 1.82) is 0 Å². The summed E-state index contributed by atoms with van der Waals surface area (Å²) < 4.78 is 1.62. The monoisotopic (exact) mass is 432 g/mol. The van der Waals surface area contributed by atoms with Gasteiger partial charge in [-0.05, 0) is 67.1 Å². The minimum atomic E-state index is -0.948. The fourth-order valence-electron chi connectivity index (χ4n) is 3.96. The number of aromatic carboxylic acids is 1. The summed E-state index contributed by atoms with van der Waals surface area (Å²) in [6.07, 6.45) is 10.1. The van der Waals surface area contributed by atoms with Gasteiger partial charge in [0.15, 0.2) is 0 Å². The molecule has 31 heavy (non-hydrogen) atoms. The van der Waals surface area contributed by atoms with Gasteiger partial charge < -0.3 is 10.4 Å². The Morgan fingerprint density at radius 1 is 1.10 bits per heavy atom. The first kappa shape index (κ1) is 19.6. The molecular weight excluding hydrogens is 412 g/mol. The summed E-state index contributed by atoms with van der Waals surface area (Å²) in [4.78, 5) is 24.7. The molecule has 6 heteroatoms. The van der Waals surface area contributed by atoms with Gasteiger partial charge in [0, 0.05) is 22.8 Å². The minimum absolute atomic E-state index is 0.0689. The standard InChI is InChI=1S/C25H21ClN2O3/c26-19-6-3-16(4-7-19)24(29)28-12-11-18-13-20(8-10-23(18)28)27-22-9-5-17(15-1-2-15)14-21(22)25(30)31/h3-6,8-15,19,27H,1-2,7H2,(H,30,31). The van der Waals surface area contributed by atoms with Crippen LogP contribution in [0.15, 0.2) is 72.5 Å². The molecule has 2 N–H and O–H groups in total. The minimum Gasteiger partial charge on any atom is -0.478 e. The van der Waals surface area contributed by atoms with E-state index in [0.717, 1.165) is 35.0 Å². The quantitative estimate of drug-likeness (QED) is 0.478. The maximum absolute atomic E-state index is 12.9. The third-order valence-electron chi connectivity index (χ3n) is 5.81. The van der Waals surface area contributed by atoms with Gasteiger partial charge in [-0.25, -0.2) is 4.79 Å². The largest absolute Gasteiger partial charge is 0.478 e. The molecule has 0 amide bonds. The van der Waals surface area contributed by atoms with Gasteiger partial charge in [-0.15, -0.1) is 11.6 Å². The predicted octanol–water partition coefficient (Wildman–Crippen LogP) is 6.09. The molecule has 5 nitrogen and oxygen atoms in total. The van der Waals surface area contributed by atoms with Gasteiger partial charge in [-0.1, -0.05) is 24.3 Å². The number of anilines is 2. The zero-order valence-electron chi connectivity index (χ0n) is 16.7. The molecule has 2 aliphatic carbocycles. The molecule has 0 aliphatic heterocycles. The van der Waals surface area contributed by atoms with Crippen molar-refractivity contribution in [3.8, 4) is 0 Å². The lowest BCUT2D eigenvalue weighted by Gasteiger charge is -2.13. The number of alkyl halides is 1. The summed E-state index contributed by atoms with van der Waals surface area (Å²) >= 11 is 6.05. The van der Waals surface area contributed by atoms with Crippen LogP contribution in [-0.2, 0) is 0 Å². The second kappa shape index (κ2) is 7.75. The number of allylic oxidation sites excluding steroid dienone is 4. The van der Waals surface area contributed by atoms with Crippen LogP contribution < -0.4 is 5.32 Å². The zero-order chi connectivity index (χ0) is 21.5. The van der Waals surface area contributed by atoms with Crippen LogP contribution in [0.1, 0.15) is 45.9 Å². The number of rotatable bonds is 5. The van der Waals surface area contributed by atoms with Crippen molar-refractivity contribution in [3.63, 3.8) is 0 Å². The van der Waals surface area contributed by atoms with Crippen LogP contribution in [0.4, 0.5) is 11.4 Å². The van der Waals surface area contributed by atoms with Gasteiger partial charge in [0.25, 0.3) is 5.91 Å². The van der Waals surface area contributed by atoms with E-state index in [1.807, 2.05) is 48.6 Å². The molecule has 1 fully saturated rings. The number of carboxylic acid groups (broad SMARTS) is 1. The average molecular weight is 433 g/mol. The second-order valence-corrected chi connectivity index (χ2v) is 8.60. The van der Waals surface area contributed by atoms with Crippen molar-refractivity contribution >= 4 is 45.8 Å². The highest BCUT2D eigenvalue weighted by Crippen LogP contribution is 2.41. The number of benzene rings is 2. The van der Waals surface area contributed by atoms with E-state index in [4.69, 9.17) is 11.6 Å². The van der Waals surface area contributed by atoms with E-state index in [0.29, 0.717) is 23.6 Å². The Balaban J connectivity index is 1.42. The van der Waals surface area contributed by atoms with Crippen molar-refractivity contribution in [2.45, 2.75) is 30.6 Å². The highest BCUT2D eigenvalue weighted by Gasteiger charge is 2.25. The molecule has 0 bridgehead atoms. The SMILES string of the molecule is O=C(O)c1cc(C2CC2)ccc1Nc1ccc2c(ccn2C(=O)C2=CCC(Cl)C=C2)c1. The molecule has 3 aromatic rings. The van der Waals surface area contributed by atoms with E-state index >= 15 is 0 Å². The molecule has 2 aliphatic rings. The molecule has 1 heterocycles. The third kappa shape index (κ3) is 3.89. The van der Waals surface area contributed by atoms with Gasteiger partial charge in [0.1, 0.15) is 0 Å². The van der Waals surface area contributed by atoms with Crippen molar-refractivity contribution < 1.29 is 14.7 Å². The molecule has 1 atom stereocenters. The number of carbonyl (C=O) groups is 2. The number of carboxylic acids is 1. The van der Waals surface area contributed by atoms with Crippen LogP contribution in [-0.4, -0.2) is 26.9 Å². The Bertz CT molecular complexity index is 1270. The number of nitrogens with one attached hydrogen (secondary N) is 1. The first-order chi connectivity index (χ1) is 15.0. The van der Waals surface area contributed by atoms with E-state index in [1.165, 1.54) is 0 Å². The summed E-state index contributed by atoms with van der Waals surface area (Å²) in [5, 5.41) is 13.7. The molecule has 156 valence electrons. The smallest absolute Gasteiger partial charge is 0.337 e. The summed E-state index contributed by atoms with van der Waals surface area (Å²) in [6, 6.07) is 13.1. The number of nitrogens with zero attached hydrogens (tertiary/aromatic N) is 1. The molecule has 0 spiro atoms. The molecular formula is C25H21ClN2O3. The maximum Gasteiger partial charge on any atom is 0.337 e. The lowest BCUT2D eigenvalue weighted by atomic mass is 10.0.